The second kappa shape index (κ2) is 9.76. The molecular weight excluding hydrogens is 441 g/mol. The summed E-state index contributed by atoms with van der Waals surface area (Å²) in [5.41, 5.74) is -1.52. The van der Waals surface area contributed by atoms with Crippen molar-refractivity contribution in [2.24, 2.45) is 0 Å². The number of hydrogen-bond donors (Lipinski definition) is 0. The first kappa shape index (κ1) is 23.8. The lowest BCUT2D eigenvalue weighted by molar-refractivity contribution is -0.137. The molecule has 0 atom stereocenters. The van der Waals surface area contributed by atoms with Gasteiger partial charge in [-0.25, -0.2) is 14.3 Å². The van der Waals surface area contributed by atoms with Gasteiger partial charge in [0.1, 0.15) is 17.0 Å². The third kappa shape index (κ3) is 4.84. The van der Waals surface area contributed by atoms with E-state index in [1.54, 1.807) is 30.3 Å². The highest BCUT2D eigenvalue weighted by molar-refractivity contribution is 6.07. The fourth-order valence-electron chi connectivity index (χ4n) is 3.17. The zero-order valence-corrected chi connectivity index (χ0v) is 18.1. The Kier molecular flexibility index (Phi) is 7.05. The van der Waals surface area contributed by atoms with E-state index in [1.165, 1.54) is 0 Å². The molecule has 174 valence electrons. The number of para-hydroxylation sites is 1. The molecule has 3 rings (SSSR count). The van der Waals surface area contributed by atoms with Gasteiger partial charge >= 0.3 is 18.1 Å². The molecule has 0 radical (unpaired) electrons. The maximum atomic E-state index is 13.5. The molecule has 0 saturated heterocycles. The predicted molar refractivity (Wildman–Crippen MR) is 112 cm³/mol. The third-order valence-electron chi connectivity index (χ3n) is 4.68. The number of carbonyl (C=O) groups excluding carboxylic acids is 2. The number of aromatic nitrogens is 2. The molecule has 0 saturated carbocycles. The van der Waals surface area contributed by atoms with Crippen LogP contribution < -0.4 is 4.74 Å². The van der Waals surface area contributed by atoms with Gasteiger partial charge in [0.05, 0.1) is 32.1 Å². The summed E-state index contributed by atoms with van der Waals surface area (Å²) < 4.78 is 56.9. The standard InChI is InChI=1S/C23H21F3N2O5/c1-4-12-33-17-11-10-14(23(24,25)26)13-16(17)19-18(21(29)31-2)20(22(30)32-3)28(27-19)15-8-6-5-7-9-15/h5-11,13H,4,12H2,1-3H3. The number of halogens is 3. The highest BCUT2D eigenvalue weighted by Gasteiger charge is 2.35. The molecule has 1 aromatic heterocycles. The Morgan fingerprint density at radius 3 is 2.24 bits per heavy atom. The summed E-state index contributed by atoms with van der Waals surface area (Å²) in [6.07, 6.45) is -4.06. The van der Waals surface area contributed by atoms with Gasteiger partial charge in [-0.1, -0.05) is 25.1 Å². The molecule has 0 amide bonds. The van der Waals surface area contributed by atoms with Crippen molar-refractivity contribution >= 4 is 11.9 Å². The van der Waals surface area contributed by atoms with Crippen molar-refractivity contribution in [1.82, 2.24) is 9.78 Å². The number of alkyl halides is 3. The van der Waals surface area contributed by atoms with E-state index in [0.29, 0.717) is 12.1 Å². The first-order chi connectivity index (χ1) is 15.7. The van der Waals surface area contributed by atoms with Crippen LogP contribution in [0, 0.1) is 0 Å². The molecular formula is C23H21F3N2O5. The number of ether oxygens (including phenoxy) is 3. The topological polar surface area (TPSA) is 79.7 Å². The minimum absolute atomic E-state index is 0.0733. The minimum Gasteiger partial charge on any atom is -0.493 e. The first-order valence-corrected chi connectivity index (χ1v) is 9.92. The van der Waals surface area contributed by atoms with E-state index in [4.69, 9.17) is 14.2 Å². The van der Waals surface area contributed by atoms with Crippen molar-refractivity contribution < 1.29 is 37.0 Å². The number of methoxy groups -OCH3 is 2. The fraction of sp³-hybridized carbons (Fsp3) is 0.261. The monoisotopic (exact) mass is 462 g/mol. The predicted octanol–water partition coefficient (Wildman–Crippen LogP) is 4.92. The Balaban J connectivity index is 2.40. The number of hydrogen-bond acceptors (Lipinski definition) is 6. The number of carbonyl (C=O) groups is 2. The second-order valence-corrected chi connectivity index (χ2v) is 6.86. The molecule has 0 unspecified atom stereocenters. The fourth-order valence-corrected chi connectivity index (χ4v) is 3.17. The number of benzene rings is 2. The van der Waals surface area contributed by atoms with Crippen LogP contribution in [0.5, 0.6) is 5.75 Å². The SMILES string of the molecule is CCCOc1ccc(C(F)(F)F)cc1-c1nn(-c2ccccc2)c(C(=O)OC)c1C(=O)OC. The molecule has 1 heterocycles. The summed E-state index contributed by atoms with van der Waals surface area (Å²) in [7, 11) is 2.21. The number of rotatable bonds is 7. The van der Waals surface area contributed by atoms with Crippen molar-refractivity contribution in [1.29, 1.82) is 0 Å². The van der Waals surface area contributed by atoms with E-state index in [-0.39, 0.29) is 34.9 Å². The van der Waals surface area contributed by atoms with Crippen LogP contribution in [-0.2, 0) is 15.7 Å². The summed E-state index contributed by atoms with van der Waals surface area (Å²) >= 11 is 0. The molecule has 0 N–H and O–H groups in total. The van der Waals surface area contributed by atoms with Gasteiger partial charge in [0, 0.05) is 5.56 Å². The summed E-state index contributed by atoms with van der Waals surface area (Å²) in [6, 6.07) is 11.2. The average Bonchev–Trinajstić information content (AvgIpc) is 3.22. The summed E-state index contributed by atoms with van der Waals surface area (Å²) in [6.45, 7) is 2.05. The highest BCUT2D eigenvalue weighted by Crippen LogP contribution is 2.39. The van der Waals surface area contributed by atoms with Crippen molar-refractivity contribution in [3.8, 4) is 22.7 Å². The molecule has 0 aliphatic carbocycles. The van der Waals surface area contributed by atoms with Crippen LogP contribution in [0.4, 0.5) is 13.2 Å². The van der Waals surface area contributed by atoms with E-state index < -0.39 is 23.7 Å². The Morgan fingerprint density at radius 2 is 1.67 bits per heavy atom. The zero-order chi connectivity index (χ0) is 24.2. The zero-order valence-electron chi connectivity index (χ0n) is 18.1. The Hall–Kier alpha value is -3.82. The minimum atomic E-state index is -4.66. The van der Waals surface area contributed by atoms with Gasteiger partial charge in [-0.05, 0) is 36.8 Å². The van der Waals surface area contributed by atoms with Gasteiger partial charge in [-0.15, -0.1) is 0 Å². The van der Waals surface area contributed by atoms with Crippen LogP contribution in [0.25, 0.3) is 16.9 Å². The number of esters is 2. The normalized spacial score (nSPS) is 11.2. The molecule has 10 heteroatoms. The van der Waals surface area contributed by atoms with Crippen molar-refractivity contribution in [3.63, 3.8) is 0 Å². The smallest absolute Gasteiger partial charge is 0.416 e. The van der Waals surface area contributed by atoms with Crippen LogP contribution in [-0.4, -0.2) is 42.5 Å². The van der Waals surface area contributed by atoms with Gasteiger partial charge in [0.25, 0.3) is 0 Å². The van der Waals surface area contributed by atoms with Crippen LogP contribution in [0.15, 0.2) is 48.5 Å². The van der Waals surface area contributed by atoms with E-state index in [9.17, 15) is 22.8 Å². The second-order valence-electron chi connectivity index (χ2n) is 6.86. The van der Waals surface area contributed by atoms with Gasteiger partial charge in [-0.3, -0.25) is 0 Å². The first-order valence-electron chi connectivity index (χ1n) is 9.92. The van der Waals surface area contributed by atoms with E-state index in [1.807, 2.05) is 6.92 Å². The Bertz CT molecular complexity index is 1160. The molecule has 7 nitrogen and oxygen atoms in total. The molecule has 0 fully saturated rings. The van der Waals surface area contributed by atoms with E-state index >= 15 is 0 Å². The summed E-state index contributed by atoms with van der Waals surface area (Å²) in [5, 5.41) is 4.35. The van der Waals surface area contributed by atoms with Crippen molar-refractivity contribution in [3.05, 3.63) is 65.4 Å². The molecule has 0 aliphatic heterocycles. The largest absolute Gasteiger partial charge is 0.493 e. The quantitative estimate of drug-likeness (QED) is 0.464. The van der Waals surface area contributed by atoms with Crippen LogP contribution in [0.2, 0.25) is 0 Å². The van der Waals surface area contributed by atoms with Crippen LogP contribution in [0.3, 0.4) is 0 Å². The van der Waals surface area contributed by atoms with Gasteiger partial charge in [-0.2, -0.15) is 18.3 Å². The summed E-state index contributed by atoms with van der Waals surface area (Å²) in [4.78, 5) is 25.4. The average molecular weight is 462 g/mol. The van der Waals surface area contributed by atoms with Gasteiger partial charge < -0.3 is 14.2 Å². The van der Waals surface area contributed by atoms with Crippen LogP contribution in [0.1, 0.15) is 39.8 Å². The van der Waals surface area contributed by atoms with Crippen molar-refractivity contribution in [2.45, 2.75) is 19.5 Å². The van der Waals surface area contributed by atoms with Gasteiger partial charge in [0.2, 0.25) is 0 Å². The maximum Gasteiger partial charge on any atom is 0.416 e. The molecule has 2 aromatic carbocycles. The molecule has 3 aromatic rings. The lowest BCUT2D eigenvalue weighted by Gasteiger charge is -2.14. The third-order valence-corrected chi connectivity index (χ3v) is 4.68. The lowest BCUT2D eigenvalue weighted by atomic mass is 10.0. The Morgan fingerprint density at radius 1 is 1.00 bits per heavy atom. The molecule has 0 aliphatic rings. The maximum absolute atomic E-state index is 13.5. The molecule has 0 bridgehead atoms. The Labute approximate surface area is 187 Å². The van der Waals surface area contributed by atoms with E-state index in [0.717, 1.165) is 37.1 Å². The van der Waals surface area contributed by atoms with Crippen LogP contribution >= 0.6 is 0 Å². The van der Waals surface area contributed by atoms with E-state index in [2.05, 4.69) is 5.10 Å². The highest BCUT2D eigenvalue weighted by atomic mass is 19.4. The lowest BCUT2D eigenvalue weighted by Crippen LogP contribution is -2.15. The number of nitrogens with zero attached hydrogens (tertiary/aromatic N) is 2. The molecule has 0 spiro atoms. The van der Waals surface area contributed by atoms with Gasteiger partial charge in [0.15, 0.2) is 5.69 Å². The molecule has 33 heavy (non-hydrogen) atoms. The summed E-state index contributed by atoms with van der Waals surface area (Å²) in [5.74, 6) is -1.81. The van der Waals surface area contributed by atoms with Crippen molar-refractivity contribution in [2.75, 3.05) is 20.8 Å².